The molecule has 2 N–H and O–H groups in total. The molecule has 0 bridgehead atoms. The molecule has 1 aromatic rings. The van der Waals surface area contributed by atoms with Crippen molar-refractivity contribution in [3.63, 3.8) is 0 Å². The minimum Gasteiger partial charge on any atom is -0.486 e. The number of methoxy groups -OCH3 is 1. The molecule has 178 valence electrons. The van der Waals surface area contributed by atoms with Crippen molar-refractivity contribution in [1.29, 1.82) is 0 Å². The molecule has 1 aromatic carbocycles. The summed E-state index contributed by atoms with van der Waals surface area (Å²) in [6, 6.07) is 1.51. The molecule has 0 aromatic heterocycles. The van der Waals surface area contributed by atoms with E-state index in [1.54, 1.807) is 6.07 Å². The standard InChI is InChI=1S/C26H34N2O5/c1-13-7-8-18-24(2,3)21(29)17(27-5)11-26(18)25(13,4)10-14-9-15(23(31)32-6)19-16(20(14)33-26)12-28-22(19)30/h9,13,17-18,27H,7-8,10-12H2,1-6H3,(H,28,30)/t13-,17+,18-,25+,26-/m0/s1. The third kappa shape index (κ3) is 2.69. The number of Topliss-reactive ketones (excluding diaryl/α,β-unsaturated/α-hetero) is 1. The molecule has 0 radical (unpaired) electrons. The first-order valence-electron chi connectivity index (χ1n) is 12.0. The zero-order chi connectivity index (χ0) is 23.9. The summed E-state index contributed by atoms with van der Waals surface area (Å²) in [5.41, 5.74) is 1.04. The Hall–Kier alpha value is -2.41. The van der Waals surface area contributed by atoms with Crippen LogP contribution in [0.4, 0.5) is 0 Å². The summed E-state index contributed by atoms with van der Waals surface area (Å²) >= 11 is 0. The molecule has 7 heteroatoms. The van der Waals surface area contributed by atoms with E-state index in [9.17, 15) is 14.4 Å². The summed E-state index contributed by atoms with van der Waals surface area (Å²) < 4.78 is 12.1. The number of carbonyl (C=O) groups is 3. The van der Waals surface area contributed by atoms with Crippen molar-refractivity contribution >= 4 is 17.7 Å². The van der Waals surface area contributed by atoms with Gasteiger partial charge in [-0.3, -0.25) is 9.59 Å². The maximum Gasteiger partial charge on any atom is 0.338 e. The van der Waals surface area contributed by atoms with Crippen LogP contribution in [0.25, 0.3) is 0 Å². The number of esters is 1. The van der Waals surface area contributed by atoms with Crippen LogP contribution in [0.15, 0.2) is 6.07 Å². The van der Waals surface area contributed by atoms with Crippen LogP contribution in [0, 0.1) is 22.7 Å². The minimum atomic E-state index is -0.547. The Morgan fingerprint density at radius 1 is 1.24 bits per heavy atom. The van der Waals surface area contributed by atoms with E-state index in [1.165, 1.54) is 7.11 Å². The van der Waals surface area contributed by atoms with Gasteiger partial charge in [-0.25, -0.2) is 4.79 Å². The van der Waals surface area contributed by atoms with Crippen LogP contribution in [0.3, 0.4) is 0 Å². The number of hydrogen-bond donors (Lipinski definition) is 2. The average Bonchev–Trinajstić information content (AvgIpc) is 3.17. The Kier molecular flexibility index (Phi) is 4.78. The first-order chi connectivity index (χ1) is 15.5. The molecule has 0 unspecified atom stereocenters. The Labute approximate surface area is 195 Å². The molecule has 2 heterocycles. The minimum absolute atomic E-state index is 0.0671. The maximum atomic E-state index is 13.4. The third-order valence-electron chi connectivity index (χ3n) is 9.54. The fourth-order valence-electron chi connectivity index (χ4n) is 7.48. The van der Waals surface area contributed by atoms with Crippen LogP contribution < -0.4 is 15.4 Å². The zero-order valence-corrected chi connectivity index (χ0v) is 20.4. The molecule has 5 atom stereocenters. The first kappa shape index (κ1) is 22.4. The van der Waals surface area contributed by atoms with Crippen molar-refractivity contribution in [1.82, 2.24) is 10.6 Å². The summed E-state index contributed by atoms with van der Waals surface area (Å²) in [6.45, 7) is 9.03. The van der Waals surface area contributed by atoms with Gasteiger partial charge in [0, 0.05) is 35.3 Å². The molecule has 0 saturated heterocycles. The van der Waals surface area contributed by atoms with Gasteiger partial charge in [0.05, 0.1) is 24.3 Å². The van der Waals surface area contributed by atoms with Gasteiger partial charge in [-0.15, -0.1) is 0 Å². The summed E-state index contributed by atoms with van der Waals surface area (Å²) in [7, 11) is 3.18. The van der Waals surface area contributed by atoms with Gasteiger partial charge in [0.2, 0.25) is 0 Å². The summed E-state index contributed by atoms with van der Waals surface area (Å²) in [5, 5.41) is 6.12. The van der Waals surface area contributed by atoms with Gasteiger partial charge in [-0.2, -0.15) is 0 Å². The fraction of sp³-hybridized carbons (Fsp3) is 0.654. The second-order valence-corrected chi connectivity index (χ2v) is 11.2. The predicted molar refractivity (Wildman–Crippen MR) is 122 cm³/mol. The topological polar surface area (TPSA) is 93.7 Å². The number of amides is 1. The van der Waals surface area contributed by atoms with Gasteiger partial charge >= 0.3 is 5.97 Å². The molecule has 1 amide bonds. The van der Waals surface area contributed by atoms with Gasteiger partial charge in [0.15, 0.2) is 5.78 Å². The van der Waals surface area contributed by atoms with Crippen LogP contribution in [-0.2, 0) is 22.5 Å². The summed E-state index contributed by atoms with van der Waals surface area (Å²) in [6.07, 6.45) is 3.29. The van der Waals surface area contributed by atoms with Crippen LogP contribution in [0.1, 0.15) is 78.8 Å². The number of hydrogen-bond acceptors (Lipinski definition) is 6. The number of rotatable bonds is 2. The van der Waals surface area contributed by atoms with E-state index in [0.29, 0.717) is 35.8 Å². The van der Waals surface area contributed by atoms with E-state index in [4.69, 9.17) is 9.47 Å². The highest BCUT2D eigenvalue weighted by molar-refractivity contribution is 6.09. The molecule has 2 fully saturated rings. The lowest BCUT2D eigenvalue weighted by molar-refractivity contribution is -0.212. The van der Waals surface area contributed by atoms with E-state index in [1.807, 2.05) is 7.05 Å². The van der Waals surface area contributed by atoms with Crippen molar-refractivity contribution in [2.45, 2.75) is 71.6 Å². The van der Waals surface area contributed by atoms with Crippen molar-refractivity contribution in [3.8, 4) is 5.75 Å². The highest BCUT2D eigenvalue weighted by Crippen LogP contribution is 2.65. The molecular weight excluding hydrogens is 420 g/mol. The van der Waals surface area contributed by atoms with E-state index in [-0.39, 0.29) is 29.1 Å². The molecule has 2 aliphatic heterocycles. The zero-order valence-electron chi connectivity index (χ0n) is 20.4. The number of fused-ring (bicyclic) bond motifs is 3. The SMILES string of the molecule is CN[C@@H]1C[C@@]23Oc4c(cc(C(=O)OC)c5c4CNC5=O)C[C@]2(C)[C@@H](C)CC[C@H]3C(C)(C)C1=O. The second-order valence-electron chi connectivity index (χ2n) is 11.2. The number of likely N-dealkylation sites (N-methyl/N-ethyl adjacent to an activating group) is 1. The Bertz CT molecular complexity index is 1080. The molecular formula is C26H34N2O5. The molecule has 1 spiro atoms. The molecule has 2 saturated carbocycles. The van der Waals surface area contributed by atoms with Gasteiger partial charge in [0.1, 0.15) is 11.4 Å². The quantitative estimate of drug-likeness (QED) is 0.668. The van der Waals surface area contributed by atoms with E-state index < -0.39 is 17.0 Å². The maximum absolute atomic E-state index is 13.4. The van der Waals surface area contributed by atoms with Crippen LogP contribution in [0.2, 0.25) is 0 Å². The third-order valence-corrected chi connectivity index (χ3v) is 9.54. The first-order valence-corrected chi connectivity index (χ1v) is 12.0. The van der Waals surface area contributed by atoms with E-state index in [0.717, 1.165) is 30.4 Å². The van der Waals surface area contributed by atoms with Crippen LogP contribution in [0.5, 0.6) is 5.75 Å². The number of benzene rings is 1. The number of nitrogens with one attached hydrogen (secondary N) is 2. The van der Waals surface area contributed by atoms with Crippen LogP contribution in [-0.4, -0.2) is 43.5 Å². The molecule has 7 nitrogen and oxygen atoms in total. The second kappa shape index (κ2) is 7.05. The van der Waals surface area contributed by atoms with Crippen molar-refractivity contribution in [2.24, 2.45) is 22.7 Å². The lowest BCUT2D eigenvalue weighted by Crippen LogP contribution is -2.73. The fourth-order valence-corrected chi connectivity index (χ4v) is 7.48. The summed E-state index contributed by atoms with van der Waals surface area (Å²) in [5.74, 6) is 0.618. The molecule has 4 aliphatic rings. The average molecular weight is 455 g/mol. The van der Waals surface area contributed by atoms with Gasteiger partial charge in [0.25, 0.3) is 5.91 Å². The van der Waals surface area contributed by atoms with Gasteiger partial charge < -0.3 is 20.1 Å². The Balaban J connectivity index is 1.75. The predicted octanol–water partition coefficient (Wildman–Crippen LogP) is 3.03. The lowest BCUT2D eigenvalue weighted by Gasteiger charge is -2.66. The van der Waals surface area contributed by atoms with E-state index in [2.05, 4.69) is 38.3 Å². The monoisotopic (exact) mass is 454 g/mol. The smallest absolute Gasteiger partial charge is 0.338 e. The van der Waals surface area contributed by atoms with E-state index >= 15 is 0 Å². The highest BCUT2D eigenvalue weighted by atomic mass is 16.5. The number of ether oxygens (including phenoxy) is 2. The highest BCUT2D eigenvalue weighted by Gasteiger charge is 2.69. The normalized spacial score (nSPS) is 36.0. The number of ketones is 1. The van der Waals surface area contributed by atoms with Crippen molar-refractivity contribution < 1.29 is 23.9 Å². The largest absolute Gasteiger partial charge is 0.486 e. The molecule has 2 aliphatic carbocycles. The van der Waals surface area contributed by atoms with Crippen LogP contribution >= 0.6 is 0 Å². The van der Waals surface area contributed by atoms with Gasteiger partial charge in [-0.1, -0.05) is 27.7 Å². The Morgan fingerprint density at radius 3 is 2.64 bits per heavy atom. The molecule has 33 heavy (non-hydrogen) atoms. The number of carbonyl (C=O) groups excluding carboxylic acids is 3. The molecule has 5 rings (SSSR count). The van der Waals surface area contributed by atoms with Crippen molar-refractivity contribution in [3.05, 3.63) is 28.3 Å². The van der Waals surface area contributed by atoms with Crippen molar-refractivity contribution in [2.75, 3.05) is 14.2 Å². The van der Waals surface area contributed by atoms with Gasteiger partial charge in [-0.05, 0) is 43.9 Å². The summed E-state index contributed by atoms with van der Waals surface area (Å²) in [4.78, 5) is 38.7. The lowest BCUT2D eigenvalue weighted by atomic mass is 9.43. The Morgan fingerprint density at radius 2 is 1.97 bits per heavy atom.